The van der Waals surface area contributed by atoms with Crippen LogP contribution in [0.4, 0.5) is 0 Å². The highest BCUT2D eigenvalue weighted by atomic mass is 80.0. The van der Waals surface area contributed by atoms with Gasteiger partial charge in [0, 0.05) is 5.41 Å². The molecule has 0 aliphatic rings. The van der Waals surface area contributed by atoms with Gasteiger partial charge in [0.05, 0.1) is 0 Å². The van der Waals surface area contributed by atoms with Gasteiger partial charge in [0.15, 0.2) is 0 Å². The molecule has 0 heterocycles. The average molecular weight is 419 g/mol. The van der Waals surface area contributed by atoms with E-state index in [4.69, 9.17) is 0 Å². The third-order valence-electron chi connectivity index (χ3n) is 1.56. The van der Waals surface area contributed by atoms with Gasteiger partial charge in [-0.25, -0.2) is 8.42 Å². The van der Waals surface area contributed by atoms with E-state index in [-0.39, 0.29) is 0 Å². The second kappa shape index (κ2) is 5.12. The van der Waals surface area contributed by atoms with Gasteiger partial charge in [0.2, 0.25) is 11.3 Å². The molecule has 0 atom stereocenters. The smallest absolute Gasteiger partial charge is 0.221 e. The number of halogens is 3. The monoisotopic (exact) mass is 416 g/mol. The summed E-state index contributed by atoms with van der Waals surface area (Å²) >= 11 is 8.90. The first-order valence-electron chi connectivity index (χ1n) is 3.87. The van der Waals surface area contributed by atoms with Gasteiger partial charge in [-0.15, -0.1) is 0 Å². The number of hydrogen-bond donors (Lipinski definition) is 0. The number of hydrogen-bond acceptors (Lipinski definition) is 2. The van der Waals surface area contributed by atoms with Gasteiger partial charge in [-0.3, -0.25) is 0 Å². The maximum absolute atomic E-state index is 11.6. The van der Waals surface area contributed by atoms with E-state index in [0.29, 0.717) is 0 Å². The Kier molecular flexibility index (Phi) is 4.58. The Morgan fingerprint density at radius 1 is 1.07 bits per heavy atom. The zero-order valence-corrected chi connectivity index (χ0v) is 13.0. The number of rotatable bonds is 2. The number of sulfone groups is 1. The highest BCUT2D eigenvalue weighted by molar-refractivity contribution is 9.42. The van der Waals surface area contributed by atoms with E-state index < -0.39 is 11.3 Å². The Balaban J connectivity index is 2.93. The predicted molar refractivity (Wildman–Crippen MR) is 73.9 cm³/mol. The Morgan fingerprint density at radius 2 is 1.60 bits per heavy atom. The number of alkyl halides is 3. The van der Waals surface area contributed by atoms with E-state index in [1.807, 2.05) is 30.3 Å². The first-order chi connectivity index (χ1) is 6.83. The molecule has 1 rings (SSSR count). The fourth-order valence-corrected chi connectivity index (χ4v) is 2.27. The van der Waals surface area contributed by atoms with Crippen LogP contribution in [0.2, 0.25) is 0 Å². The lowest BCUT2D eigenvalue weighted by Crippen LogP contribution is -2.13. The van der Waals surface area contributed by atoms with Gasteiger partial charge in [-0.1, -0.05) is 30.3 Å². The van der Waals surface area contributed by atoms with E-state index in [1.54, 1.807) is 0 Å². The second-order valence-corrected chi connectivity index (χ2v) is 13.0. The van der Waals surface area contributed by atoms with Crippen molar-refractivity contribution in [2.75, 3.05) is 0 Å². The maximum Gasteiger partial charge on any atom is 0.238 e. The quantitative estimate of drug-likeness (QED) is 0.683. The molecular formula is C9H7Br3O2S. The van der Waals surface area contributed by atoms with Crippen molar-refractivity contribution in [2.24, 2.45) is 0 Å². The van der Waals surface area contributed by atoms with Crippen LogP contribution in [0.5, 0.6) is 0 Å². The number of benzene rings is 1. The van der Waals surface area contributed by atoms with Crippen molar-refractivity contribution in [3.8, 4) is 0 Å². The van der Waals surface area contributed by atoms with Crippen LogP contribution in [-0.2, 0) is 9.84 Å². The minimum atomic E-state index is -3.43. The van der Waals surface area contributed by atoms with E-state index in [1.165, 1.54) is 6.08 Å². The van der Waals surface area contributed by atoms with Gasteiger partial charge >= 0.3 is 0 Å². The normalized spacial score (nSPS) is 13.3. The molecule has 1 aromatic carbocycles. The molecule has 0 saturated heterocycles. The van der Waals surface area contributed by atoms with Crippen molar-refractivity contribution in [2.45, 2.75) is 1.47 Å². The van der Waals surface area contributed by atoms with E-state index in [9.17, 15) is 8.42 Å². The zero-order valence-electron chi connectivity index (χ0n) is 7.40. The molecule has 0 aliphatic carbocycles. The summed E-state index contributed by atoms with van der Waals surface area (Å²) < 4.78 is 21.9. The van der Waals surface area contributed by atoms with E-state index in [2.05, 4.69) is 47.8 Å². The highest BCUT2D eigenvalue weighted by Gasteiger charge is 2.33. The third kappa shape index (κ3) is 4.01. The molecular weight excluding hydrogens is 412 g/mol. The Bertz CT molecular complexity index is 446. The summed E-state index contributed by atoms with van der Waals surface area (Å²) in [4.78, 5) is 0. The molecule has 0 fully saturated rings. The summed E-state index contributed by atoms with van der Waals surface area (Å²) in [6.07, 6.45) is 1.54. The summed E-state index contributed by atoms with van der Waals surface area (Å²) in [5.74, 6) is 0. The first kappa shape index (κ1) is 13.4. The fourth-order valence-electron chi connectivity index (χ4n) is 0.809. The fraction of sp³-hybridized carbons (Fsp3) is 0.111. The minimum Gasteiger partial charge on any atom is -0.221 e. The lowest BCUT2D eigenvalue weighted by molar-refractivity contribution is 0.607. The molecule has 0 aliphatic heterocycles. The zero-order chi connectivity index (χ0) is 11.5. The van der Waals surface area contributed by atoms with Crippen LogP contribution in [0.3, 0.4) is 0 Å². The first-order valence-corrected chi connectivity index (χ1v) is 7.80. The molecule has 0 radical (unpaired) electrons. The molecule has 0 saturated carbocycles. The molecule has 0 unspecified atom stereocenters. The molecule has 6 heteroatoms. The van der Waals surface area contributed by atoms with E-state index in [0.717, 1.165) is 11.0 Å². The lowest BCUT2D eigenvalue weighted by atomic mass is 10.2. The van der Waals surface area contributed by atoms with Crippen LogP contribution in [0.25, 0.3) is 6.08 Å². The van der Waals surface area contributed by atoms with Gasteiger partial charge in [0.25, 0.3) is 0 Å². The molecule has 15 heavy (non-hydrogen) atoms. The SMILES string of the molecule is O=S(=O)(C=Cc1ccccc1)C(Br)(Br)Br. The van der Waals surface area contributed by atoms with Crippen LogP contribution < -0.4 is 0 Å². The van der Waals surface area contributed by atoms with Gasteiger partial charge in [-0.2, -0.15) is 0 Å². The van der Waals surface area contributed by atoms with Crippen LogP contribution in [0.1, 0.15) is 5.56 Å². The van der Waals surface area contributed by atoms with Crippen LogP contribution in [0.15, 0.2) is 35.7 Å². The van der Waals surface area contributed by atoms with E-state index >= 15 is 0 Å². The van der Waals surface area contributed by atoms with Crippen molar-refractivity contribution >= 4 is 63.7 Å². The Labute approximate surface area is 114 Å². The van der Waals surface area contributed by atoms with Gasteiger partial charge in [-0.05, 0) is 59.4 Å². The predicted octanol–water partition coefficient (Wildman–Crippen LogP) is 3.87. The van der Waals surface area contributed by atoms with Gasteiger partial charge < -0.3 is 0 Å². The van der Waals surface area contributed by atoms with Crippen LogP contribution in [-0.4, -0.2) is 9.89 Å². The van der Waals surface area contributed by atoms with Crippen LogP contribution >= 0.6 is 47.8 Å². The van der Waals surface area contributed by atoms with Crippen molar-refractivity contribution in [1.82, 2.24) is 0 Å². The maximum atomic E-state index is 11.6. The highest BCUT2D eigenvalue weighted by Crippen LogP contribution is 2.40. The summed E-state index contributed by atoms with van der Waals surface area (Å²) in [6.45, 7) is 0. The van der Waals surface area contributed by atoms with Crippen molar-refractivity contribution in [3.63, 3.8) is 0 Å². The standard InChI is InChI=1S/C9H7Br3O2S/c10-9(11,12)15(13,14)7-6-8-4-2-1-3-5-8/h1-7H. The average Bonchev–Trinajstić information content (AvgIpc) is 2.15. The van der Waals surface area contributed by atoms with Gasteiger partial charge in [0.1, 0.15) is 0 Å². The van der Waals surface area contributed by atoms with Crippen LogP contribution in [0, 0.1) is 0 Å². The molecule has 0 bridgehead atoms. The van der Waals surface area contributed by atoms with Crippen molar-refractivity contribution in [3.05, 3.63) is 41.3 Å². The molecule has 2 nitrogen and oxygen atoms in total. The molecule has 82 valence electrons. The molecule has 0 spiro atoms. The molecule has 1 aromatic rings. The topological polar surface area (TPSA) is 34.1 Å². The lowest BCUT2D eigenvalue weighted by Gasteiger charge is -2.08. The summed E-state index contributed by atoms with van der Waals surface area (Å²) in [5, 5.41) is 1.14. The molecule has 0 N–H and O–H groups in total. The third-order valence-corrected chi connectivity index (χ3v) is 6.76. The minimum absolute atomic E-state index is 0.831. The van der Waals surface area contributed by atoms with Crippen molar-refractivity contribution < 1.29 is 8.42 Å². The molecule has 0 aromatic heterocycles. The second-order valence-electron chi connectivity index (χ2n) is 2.70. The largest absolute Gasteiger partial charge is 0.238 e. The Morgan fingerprint density at radius 3 is 2.07 bits per heavy atom. The summed E-state index contributed by atoms with van der Waals surface area (Å²) in [7, 11) is -3.43. The Hall–Kier alpha value is 0.350. The summed E-state index contributed by atoms with van der Waals surface area (Å²) in [6, 6.07) is 9.20. The van der Waals surface area contributed by atoms with Crippen molar-refractivity contribution in [1.29, 1.82) is 0 Å². The summed E-state index contributed by atoms with van der Waals surface area (Å²) in [5.41, 5.74) is 0.831. The molecule has 0 amide bonds.